The third-order valence-electron chi connectivity index (χ3n) is 9.62. The molecule has 0 radical (unpaired) electrons. The molecule has 4 aromatic rings. The molecule has 3 fully saturated rings. The minimum absolute atomic E-state index is 0.0285. The van der Waals surface area contributed by atoms with Gasteiger partial charge in [-0.3, -0.25) is 14.7 Å². The number of pyridine rings is 1. The van der Waals surface area contributed by atoms with Gasteiger partial charge in [-0.15, -0.1) is 0 Å². The van der Waals surface area contributed by atoms with E-state index in [1.807, 2.05) is 24.3 Å². The van der Waals surface area contributed by atoms with E-state index in [4.69, 9.17) is 4.98 Å². The van der Waals surface area contributed by atoms with Crippen molar-refractivity contribution < 1.29 is 18.0 Å². The number of halogens is 3. The van der Waals surface area contributed by atoms with E-state index in [1.165, 1.54) is 17.7 Å². The number of carbonyl (C=O) groups excluding carboxylic acids is 1. The number of imidazole rings is 1. The quantitative estimate of drug-likeness (QED) is 0.269. The van der Waals surface area contributed by atoms with Crippen molar-refractivity contribution in [3.8, 4) is 11.3 Å². The number of piperazine rings is 1. The maximum atomic E-state index is 13.5. The van der Waals surface area contributed by atoms with Crippen LogP contribution in [0.2, 0.25) is 0 Å². The Kier molecular flexibility index (Phi) is 7.50. The van der Waals surface area contributed by atoms with Crippen molar-refractivity contribution in [3.63, 3.8) is 0 Å². The van der Waals surface area contributed by atoms with Gasteiger partial charge in [0.2, 0.25) is 5.91 Å². The van der Waals surface area contributed by atoms with Gasteiger partial charge in [-0.1, -0.05) is 6.07 Å². The second-order valence-electron chi connectivity index (χ2n) is 12.8. The lowest BCUT2D eigenvalue weighted by molar-refractivity contribution is -0.199. The van der Waals surface area contributed by atoms with Gasteiger partial charge in [-0.25, -0.2) is 15.0 Å². The van der Waals surface area contributed by atoms with E-state index < -0.39 is 17.5 Å². The first kappa shape index (κ1) is 29.6. The van der Waals surface area contributed by atoms with Gasteiger partial charge >= 0.3 is 6.18 Å². The van der Waals surface area contributed by atoms with Crippen LogP contribution in [0.25, 0.3) is 22.3 Å². The van der Waals surface area contributed by atoms with Gasteiger partial charge in [-0.2, -0.15) is 13.2 Å². The van der Waals surface area contributed by atoms with Crippen LogP contribution in [0.5, 0.6) is 0 Å². The Labute approximate surface area is 259 Å². The van der Waals surface area contributed by atoms with Gasteiger partial charge in [0.15, 0.2) is 0 Å². The summed E-state index contributed by atoms with van der Waals surface area (Å²) in [6, 6.07) is 12.2. The molecule has 1 amide bonds. The minimum Gasteiger partial charge on any atom is -0.359 e. The monoisotopic (exact) mass is 618 g/mol. The molecule has 1 aromatic carbocycles. The Hall–Kier alpha value is -4.06. The van der Waals surface area contributed by atoms with Crippen LogP contribution in [-0.4, -0.2) is 86.6 Å². The summed E-state index contributed by atoms with van der Waals surface area (Å²) in [4.78, 5) is 40.3. The molecule has 7 rings (SSSR count). The molecular formula is C33H37F3N8O. The first-order valence-electron chi connectivity index (χ1n) is 15.7. The van der Waals surface area contributed by atoms with E-state index in [0.717, 1.165) is 57.7 Å². The second kappa shape index (κ2) is 11.4. The Bertz CT molecular complexity index is 1710. The summed E-state index contributed by atoms with van der Waals surface area (Å²) in [7, 11) is 2.08. The average Bonchev–Trinajstić information content (AvgIpc) is 3.98. The van der Waals surface area contributed by atoms with Crippen molar-refractivity contribution in [3.05, 3.63) is 66.0 Å². The van der Waals surface area contributed by atoms with E-state index in [-0.39, 0.29) is 18.9 Å². The van der Waals surface area contributed by atoms with Crippen molar-refractivity contribution in [2.75, 3.05) is 44.7 Å². The molecular weight excluding hydrogens is 581 g/mol. The highest BCUT2D eigenvalue weighted by Crippen LogP contribution is 2.58. The van der Waals surface area contributed by atoms with Crippen LogP contribution in [0.4, 0.5) is 19.0 Å². The van der Waals surface area contributed by atoms with Crippen LogP contribution in [0.15, 0.2) is 48.9 Å². The topological polar surface area (TPSA) is 94.1 Å². The Morgan fingerprint density at radius 1 is 1.07 bits per heavy atom. The molecule has 0 bridgehead atoms. The van der Waals surface area contributed by atoms with Crippen LogP contribution in [0.1, 0.15) is 55.7 Å². The Morgan fingerprint density at radius 3 is 2.56 bits per heavy atom. The first-order valence-corrected chi connectivity index (χ1v) is 15.7. The highest BCUT2D eigenvalue weighted by atomic mass is 19.4. The predicted molar refractivity (Wildman–Crippen MR) is 164 cm³/mol. The zero-order chi connectivity index (χ0) is 31.3. The Balaban J connectivity index is 1.00. The SMILES string of the molecule is CC(c1ccnc(Cc2nc3ccc(-c4cc(N(C)CC5CC5)ncn4)cc3[nH]2)c1)N1CCN(C(=O)C2(C(F)(F)F)CC2)CC1. The van der Waals surface area contributed by atoms with Crippen LogP contribution >= 0.6 is 0 Å². The van der Waals surface area contributed by atoms with Crippen LogP contribution in [0.3, 0.4) is 0 Å². The molecule has 236 valence electrons. The highest BCUT2D eigenvalue weighted by molar-refractivity contribution is 5.86. The molecule has 12 heteroatoms. The van der Waals surface area contributed by atoms with Crippen molar-refractivity contribution in [2.24, 2.45) is 11.3 Å². The number of nitrogens with zero attached hydrogens (tertiary/aromatic N) is 7. The third kappa shape index (κ3) is 5.99. The van der Waals surface area contributed by atoms with E-state index in [0.29, 0.717) is 32.6 Å². The molecule has 4 heterocycles. The molecule has 1 unspecified atom stereocenters. The van der Waals surface area contributed by atoms with Gasteiger partial charge in [0.1, 0.15) is 23.4 Å². The zero-order valence-electron chi connectivity index (χ0n) is 25.5. The molecule has 1 N–H and O–H groups in total. The van der Waals surface area contributed by atoms with Gasteiger partial charge in [0.05, 0.1) is 16.7 Å². The summed E-state index contributed by atoms with van der Waals surface area (Å²) in [5.74, 6) is 1.73. The normalized spacial score (nSPS) is 19.1. The number of aromatic nitrogens is 5. The number of aromatic amines is 1. The van der Waals surface area contributed by atoms with E-state index in [2.05, 4.69) is 55.8 Å². The number of amides is 1. The number of hydrogen-bond donors (Lipinski definition) is 1. The number of fused-ring (bicyclic) bond motifs is 1. The number of hydrogen-bond acceptors (Lipinski definition) is 7. The van der Waals surface area contributed by atoms with Crippen molar-refractivity contribution in [1.82, 2.24) is 34.7 Å². The van der Waals surface area contributed by atoms with Crippen LogP contribution in [-0.2, 0) is 11.2 Å². The zero-order valence-corrected chi connectivity index (χ0v) is 25.5. The molecule has 45 heavy (non-hydrogen) atoms. The van der Waals surface area contributed by atoms with Gasteiger partial charge < -0.3 is 14.8 Å². The largest absolute Gasteiger partial charge is 0.403 e. The molecule has 1 aliphatic heterocycles. The maximum absolute atomic E-state index is 13.5. The lowest BCUT2D eigenvalue weighted by Crippen LogP contribution is -2.53. The number of alkyl halides is 3. The summed E-state index contributed by atoms with van der Waals surface area (Å²) in [5.41, 5.74) is 3.42. The van der Waals surface area contributed by atoms with Gasteiger partial charge in [-0.05, 0) is 68.4 Å². The third-order valence-corrected chi connectivity index (χ3v) is 9.62. The first-order chi connectivity index (χ1) is 21.6. The van der Waals surface area contributed by atoms with Crippen molar-refractivity contribution in [1.29, 1.82) is 0 Å². The smallest absolute Gasteiger partial charge is 0.359 e. The average molecular weight is 619 g/mol. The molecule has 3 aromatic heterocycles. The maximum Gasteiger partial charge on any atom is 0.403 e. The van der Waals surface area contributed by atoms with E-state index >= 15 is 0 Å². The number of benzene rings is 1. The lowest BCUT2D eigenvalue weighted by atomic mass is 10.0. The fourth-order valence-corrected chi connectivity index (χ4v) is 6.39. The fraction of sp³-hybridized carbons (Fsp3) is 0.485. The summed E-state index contributed by atoms with van der Waals surface area (Å²) in [5, 5.41) is 0. The van der Waals surface area contributed by atoms with Crippen LogP contribution in [0, 0.1) is 11.3 Å². The Morgan fingerprint density at radius 2 is 1.84 bits per heavy atom. The number of anilines is 1. The fourth-order valence-electron chi connectivity index (χ4n) is 6.39. The summed E-state index contributed by atoms with van der Waals surface area (Å²) in [6.45, 7) is 4.74. The highest BCUT2D eigenvalue weighted by Gasteiger charge is 2.69. The molecule has 2 saturated carbocycles. The van der Waals surface area contributed by atoms with Gasteiger partial charge in [0.25, 0.3) is 0 Å². The van der Waals surface area contributed by atoms with Crippen molar-refractivity contribution in [2.45, 2.75) is 51.2 Å². The number of nitrogens with one attached hydrogen (secondary N) is 1. The molecule has 1 saturated heterocycles. The van der Waals surface area contributed by atoms with E-state index in [9.17, 15) is 18.0 Å². The van der Waals surface area contributed by atoms with Crippen LogP contribution < -0.4 is 4.90 Å². The predicted octanol–water partition coefficient (Wildman–Crippen LogP) is 5.40. The number of carbonyl (C=O) groups is 1. The van der Waals surface area contributed by atoms with Gasteiger partial charge in [0, 0.05) is 75.8 Å². The minimum atomic E-state index is -4.48. The standard InChI is InChI=1S/C33H37F3N8O/c1-21(43-11-13-44(14-12-43)31(45)32(8-9-32)33(34,35)36)23-7-10-37-25(15-23)17-29-40-26-6-5-24(16-28(26)41-29)27-18-30(39-20-38-27)42(2)19-22-3-4-22/h5-7,10,15-16,18,20-22H,3-4,8-9,11-14,17,19H2,1-2H3,(H,40,41). The summed E-state index contributed by atoms with van der Waals surface area (Å²) in [6.07, 6.45) is 1.84. The summed E-state index contributed by atoms with van der Waals surface area (Å²) >= 11 is 0. The summed E-state index contributed by atoms with van der Waals surface area (Å²) < 4.78 is 40.4. The molecule has 0 spiro atoms. The lowest BCUT2D eigenvalue weighted by Gasteiger charge is -2.39. The molecule has 9 nitrogen and oxygen atoms in total. The molecule has 1 atom stereocenters. The van der Waals surface area contributed by atoms with E-state index in [1.54, 1.807) is 12.5 Å². The number of rotatable bonds is 9. The second-order valence-corrected chi connectivity index (χ2v) is 12.8. The van der Waals surface area contributed by atoms with Crippen molar-refractivity contribution >= 4 is 22.8 Å². The molecule has 2 aliphatic carbocycles. The number of H-pyrrole nitrogens is 1. The molecule has 3 aliphatic rings.